The van der Waals surface area contributed by atoms with Crippen molar-refractivity contribution in [1.29, 1.82) is 0 Å². The number of rotatable bonds is 13. The number of aliphatic hydroxyl groups is 1. The van der Waals surface area contributed by atoms with E-state index in [4.69, 9.17) is 5.73 Å². The number of nitrogens with two attached hydrogens (primary N) is 1. The summed E-state index contributed by atoms with van der Waals surface area (Å²) in [5.41, 5.74) is 5.60. The lowest BCUT2D eigenvalue weighted by atomic mass is 10.1. The maximum Gasteiger partial charge on any atom is 0.0586 e. The zero-order chi connectivity index (χ0) is 15.4. The molecule has 0 aliphatic carbocycles. The Balaban J connectivity index is 4.25. The molecule has 20 heavy (non-hydrogen) atoms. The topological polar surface area (TPSA) is 56.0 Å². The summed E-state index contributed by atoms with van der Waals surface area (Å²) in [5.74, 6) is 0. The number of aliphatic hydroxyl groups excluding tert-OH is 1. The standard InChI is InChI=1S/C15H36N4O/c1-17(2)10-6-12-19(13-7-11-18(3)4)15(14-20)8-5-9-16/h15,20H,5-14,16H2,1-4H3. The molecule has 0 fully saturated rings. The van der Waals surface area contributed by atoms with Gasteiger partial charge in [-0.1, -0.05) is 0 Å². The second-order valence-electron chi connectivity index (χ2n) is 6.12. The van der Waals surface area contributed by atoms with Gasteiger partial charge in [0.05, 0.1) is 6.61 Å². The first-order valence-electron chi connectivity index (χ1n) is 7.85. The van der Waals surface area contributed by atoms with E-state index in [1.165, 1.54) is 0 Å². The Bertz CT molecular complexity index is 198. The van der Waals surface area contributed by atoms with Crippen LogP contribution >= 0.6 is 0 Å². The summed E-state index contributed by atoms with van der Waals surface area (Å²) in [7, 11) is 8.42. The van der Waals surface area contributed by atoms with E-state index in [2.05, 4.69) is 42.9 Å². The zero-order valence-corrected chi connectivity index (χ0v) is 14.0. The van der Waals surface area contributed by atoms with Gasteiger partial charge >= 0.3 is 0 Å². The molecule has 0 saturated heterocycles. The van der Waals surface area contributed by atoms with Crippen LogP contribution in [0, 0.1) is 0 Å². The van der Waals surface area contributed by atoms with Crippen molar-refractivity contribution in [3.63, 3.8) is 0 Å². The molecule has 5 heteroatoms. The first-order valence-corrected chi connectivity index (χ1v) is 7.85. The van der Waals surface area contributed by atoms with E-state index >= 15 is 0 Å². The molecule has 5 nitrogen and oxygen atoms in total. The molecule has 3 N–H and O–H groups in total. The Labute approximate surface area is 125 Å². The largest absolute Gasteiger partial charge is 0.395 e. The normalized spacial score (nSPS) is 13.7. The van der Waals surface area contributed by atoms with Gasteiger partial charge in [0.2, 0.25) is 0 Å². The molecule has 0 radical (unpaired) electrons. The summed E-state index contributed by atoms with van der Waals surface area (Å²) in [6.45, 7) is 5.25. The quantitative estimate of drug-likeness (QED) is 0.510. The van der Waals surface area contributed by atoms with Crippen LogP contribution in [0.1, 0.15) is 25.7 Å². The molecule has 0 aromatic carbocycles. The van der Waals surface area contributed by atoms with E-state index in [-0.39, 0.29) is 12.6 Å². The maximum atomic E-state index is 9.64. The van der Waals surface area contributed by atoms with E-state index in [0.29, 0.717) is 6.54 Å². The van der Waals surface area contributed by atoms with E-state index in [0.717, 1.165) is 51.9 Å². The molecule has 0 aliphatic rings. The van der Waals surface area contributed by atoms with Gasteiger partial charge in [0.15, 0.2) is 0 Å². The Morgan fingerprint density at radius 1 is 0.850 bits per heavy atom. The summed E-state index contributed by atoms with van der Waals surface area (Å²) in [6.07, 6.45) is 4.28. The number of hydrogen-bond acceptors (Lipinski definition) is 5. The van der Waals surface area contributed by atoms with Crippen molar-refractivity contribution in [3.8, 4) is 0 Å². The van der Waals surface area contributed by atoms with Crippen LogP contribution < -0.4 is 5.73 Å². The van der Waals surface area contributed by atoms with Crippen molar-refractivity contribution >= 4 is 0 Å². The van der Waals surface area contributed by atoms with Crippen LogP contribution in [0.25, 0.3) is 0 Å². The first-order chi connectivity index (χ1) is 9.51. The van der Waals surface area contributed by atoms with Gasteiger partial charge in [-0.3, -0.25) is 4.90 Å². The van der Waals surface area contributed by atoms with Gasteiger partial charge in [-0.2, -0.15) is 0 Å². The minimum atomic E-state index is 0.240. The number of hydrogen-bond donors (Lipinski definition) is 2. The van der Waals surface area contributed by atoms with Gasteiger partial charge in [-0.25, -0.2) is 0 Å². The molecule has 1 unspecified atom stereocenters. The van der Waals surface area contributed by atoms with Gasteiger partial charge in [0, 0.05) is 6.04 Å². The van der Waals surface area contributed by atoms with Crippen LogP contribution in [0.2, 0.25) is 0 Å². The highest BCUT2D eigenvalue weighted by Crippen LogP contribution is 2.09. The second-order valence-corrected chi connectivity index (χ2v) is 6.12. The van der Waals surface area contributed by atoms with Crippen LogP contribution in [-0.4, -0.2) is 93.4 Å². The van der Waals surface area contributed by atoms with Gasteiger partial charge in [-0.05, 0) is 86.6 Å². The third-order valence-electron chi connectivity index (χ3n) is 3.57. The van der Waals surface area contributed by atoms with Crippen LogP contribution in [0.3, 0.4) is 0 Å². The molecule has 1 atom stereocenters. The van der Waals surface area contributed by atoms with Crippen molar-refractivity contribution in [2.45, 2.75) is 31.7 Å². The predicted octanol–water partition coefficient (Wildman–Crippen LogP) is 0.292. The summed E-state index contributed by atoms with van der Waals surface area (Å²) in [4.78, 5) is 6.88. The molecule has 0 bridgehead atoms. The summed E-state index contributed by atoms with van der Waals surface area (Å²) < 4.78 is 0. The number of nitrogens with zero attached hydrogens (tertiary/aromatic N) is 3. The Kier molecular flexibility index (Phi) is 12.4. The van der Waals surface area contributed by atoms with E-state index in [1.54, 1.807) is 0 Å². The Morgan fingerprint density at radius 3 is 1.70 bits per heavy atom. The minimum absolute atomic E-state index is 0.240. The smallest absolute Gasteiger partial charge is 0.0586 e. The fraction of sp³-hybridized carbons (Fsp3) is 1.00. The average molecular weight is 288 g/mol. The molecule has 122 valence electrons. The molecule has 0 aromatic rings. The van der Waals surface area contributed by atoms with Crippen LogP contribution in [0.5, 0.6) is 0 Å². The second kappa shape index (κ2) is 12.5. The van der Waals surface area contributed by atoms with Crippen LogP contribution in [0.4, 0.5) is 0 Å². The predicted molar refractivity (Wildman–Crippen MR) is 87.1 cm³/mol. The molecule has 0 saturated carbocycles. The molecule has 0 aromatic heterocycles. The highest BCUT2D eigenvalue weighted by Gasteiger charge is 2.16. The van der Waals surface area contributed by atoms with Gasteiger partial charge in [0.1, 0.15) is 0 Å². The lowest BCUT2D eigenvalue weighted by molar-refractivity contribution is 0.108. The highest BCUT2D eigenvalue weighted by atomic mass is 16.3. The van der Waals surface area contributed by atoms with Crippen molar-refractivity contribution in [1.82, 2.24) is 14.7 Å². The SMILES string of the molecule is CN(C)CCCN(CCCN(C)C)C(CO)CCCN. The fourth-order valence-corrected chi connectivity index (χ4v) is 2.40. The van der Waals surface area contributed by atoms with Gasteiger partial charge < -0.3 is 20.6 Å². The molecular formula is C15H36N4O. The van der Waals surface area contributed by atoms with Crippen molar-refractivity contribution in [2.75, 3.05) is 67.5 Å². The lowest BCUT2D eigenvalue weighted by Crippen LogP contribution is -2.41. The molecular weight excluding hydrogens is 252 g/mol. The summed E-state index contributed by atoms with van der Waals surface area (Å²) in [5, 5.41) is 9.64. The molecule has 0 heterocycles. The van der Waals surface area contributed by atoms with E-state index < -0.39 is 0 Å². The third kappa shape index (κ3) is 10.6. The van der Waals surface area contributed by atoms with E-state index in [1.807, 2.05) is 0 Å². The third-order valence-corrected chi connectivity index (χ3v) is 3.57. The van der Waals surface area contributed by atoms with Crippen molar-refractivity contribution in [2.24, 2.45) is 5.73 Å². The van der Waals surface area contributed by atoms with Crippen LogP contribution in [-0.2, 0) is 0 Å². The van der Waals surface area contributed by atoms with Crippen molar-refractivity contribution < 1.29 is 5.11 Å². The molecule has 0 spiro atoms. The summed E-state index contributed by atoms with van der Waals surface area (Å²) in [6, 6.07) is 0.267. The fourth-order valence-electron chi connectivity index (χ4n) is 2.40. The molecule has 0 aliphatic heterocycles. The Hall–Kier alpha value is -0.200. The molecule has 0 rings (SSSR count). The average Bonchev–Trinajstić information content (AvgIpc) is 2.38. The highest BCUT2D eigenvalue weighted by molar-refractivity contribution is 4.72. The van der Waals surface area contributed by atoms with Crippen molar-refractivity contribution in [3.05, 3.63) is 0 Å². The minimum Gasteiger partial charge on any atom is -0.395 e. The molecule has 0 amide bonds. The van der Waals surface area contributed by atoms with Gasteiger partial charge in [-0.15, -0.1) is 0 Å². The zero-order valence-electron chi connectivity index (χ0n) is 14.0. The maximum absolute atomic E-state index is 9.64. The monoisotopic (exact) mass is 288 g/mol. The lowest BCUT2D eigenvalue weighted by Gasteiger charge is -2.31. The first kappa shape index (κ1) is 19.8. The van der Waals surface area contributed by atoms with Crippen LogP contribution in [0.15, 0.2) is 0 Å². The van der Waals surface area contributed by atoms with Gasteiger partial charge in [0.25, 0.3) is 0 Å². The Morgan fingerprint density at radius 2 is 1.35 bits per heavy atom. The summed E-state index contributed by atoms with van der Waals surface area (Å²) >= 11 is 0. The van der Waals surface area contributed by atoms with E-state index in [9.17, 15) is 5.11 Å².